The fraction of sp³-hybridized carbons (Fsp3) is 0. The minimum atomic E-state index is 0.901. The van der Waals surface area contributed by atoms with Crippen LogP contribution in [0.2, 0.25) is 0 Å². The van der Waals surface area contributed by atoms with E-state index in [0.717, 1.165) is 50.0 Å². The molecule has 0 aliphatic rings. The number of para-hydroxylation sites is 2. The van der Waals surface area contributed by atoms with Crippen LogP contribution >= 0.6 is 0 Å². The molecule has 3 aromatic heterocycles. The molecule has 3 heterocycles. The second-order valence-electron chi connectivity index (χ2n) is 18.0. The van der Waals surface area contributed by atoms with Gasteiger partial charge in [0.1, 0.15) is 11.2 Å². The fourth-order valence-electron chi connectivity index (χ4n) is 10.9. The highest BCUT2D eigenvalue weighted by Gasteiger charge is 2.21. The molecule has 3 nitrogen and oxygen atoms in total. The molecule has 0 fully saturated rings. The topological polar surface area (TPSA) is 23.0 Å². The quantitative estimate of drug-likeness (QED) is 0.156. The molecule has 0 saturated heterocycles. The summed E-state index contributed by atoms with van der Waals surface area (Å²) in [6, 6.07) is 92.6. The molecule has 3 heteroatoms. The summed E-state index contributed by atoms with van der Waals surface area (Å²) in [5.41, 5.74) is 20.6. The lowest BCUT2D eigenvalue weighted by Crippen LogP contribution is -1.98. The summed E-state index contributed by atoms with van der Waals surface area (Å²) in [6.07, 6.45) is 0. The number of hydrogen-bond acceptors (Lipinski definition) is 1. The Labute approximate surface area is 399 Å². The largest absolute Gasteiger partial charge is 0.456 e. The van der Waals surface area contributed by atoms with Crippen molar-refractivity contribution in [3.05, 3.63) is 255 Å². The van der Waals surface area contributed by atoms with Crippen molar-refractivity contribution >= 4 is 65.6 Å². The Morgan fingerprint density at radius 2 is 0.754 bits per heavy atom. The second kappa shape index (κ2) is 15.7. The maximum Gasteiger partial charge on any atom is 0.135 e. The van der Waals surface area contributed by atoms with Crippen molar-refractivity contribution in [1.82, 2.24) is 9.13 Å². The maximum absolute atomic E-state index is 6.20. The average Bonchev–Trinajstić information content (AvgIpc) is 4.08. The van der Waals surface area contributed by atoms with E-state index in [2.05, 4.69) is 252 Å². The minimum absolute atomic E-state index is 0.901. The predicted molar refractivity (Wildman–Crippen MR) is 290 cm³/mol. The van der Waals surface area contributed by atoms with E-state index in [0.29, 0.717) is 0 Å². The van der Waals surface area contributed by atoms with Crippen LogP contribution in [0.15, 0.2) is 259 Å². The molecule has 0 atom stereocenters. The fourth-order valence-corrected chi connectivity index (χ4v) is 10.9. The highest BCUT2D eigenvalue weighted by atomic mass is 16.3. The Morgan fingerprint density at radius 1 is 0.246 bits per heavy atom. The third kappa shape index (κ3) is 6.36. The molecule has 322 valence electrons. The van der Waals surface area contributed by atoms with Crippen LogP contribution in [0.4, 0.5) is 0 Å². The standard InChI is InChI=1S/C66H42N2O/c1-4-16-43(17-5-1)50-30-34-52(44-18-6-2-7-19-44)63(42-50)68-59-27-12-10-24-54(59)56-39-47(31-35-60(56)68)48-32-36-61-58(41-48)66-53(45-20-8-3-9-21-45)26-15-28-62(66)67(61)51-23-14-22-46(38-51)49-33-37-65-57(40-49)55-25-11-13-29-64(55)69-65/h1-42H. The molecule has 0 bridgehead atoms. The Morgan fingerprint density at radius 3 is 1.52 bits per heavy atom. The van der Waals surface area contributed by atoms with E-state index in [4.69, 9.17) is 4.42 Å². The maximum atomic E-state index is 6.20. The minimum Gasteiger partial charge on any atom is -0.456 e. The van der Waals surface area contributed by atoms with Gasteiger partial charge in [-0.15, -0.1) is 0 Å². The zero-order valence-electron chi connectivity index (χ0n) is 37.6. The molecule has 14 aromatic rings. The number of aromatic nitrogens is 2. The lowest BCUT2D eigenvalue weighted by atomic mass is 9.97. The lowest BCUT2D eigenvalue weighted by molar-refractivity contribution is 0.669. The van der Waals surface area contributed by atoms with Gasteiger partial charge < -0.3 is 13.6 Å². The van der Waals surface area contributed by atoms with Gasteiger partial charge in [-0.25, -0.2) is 0 Å². The molecule has 0 amide bonds. The van der Waals surface area contributed by atoms with E-state index < -0.39 is 0 Å². The number of rotatable bonds is 7. The third-order valence-corrected chi connectivity index (χ3v) is 14.1. The molecule has 0 N–H and O–H groups in total. The monoisotopic (exact) mass is 878 g/mol. The van der Waals surface area contributed by atoms with Gasteiger partial charge >= 0.3 is 0 Å². The van der Waals surface area contributed by atoms with E-state index in [1.807, 2.05) is 12.1 Å². The summed E-state index contributed by atoms with van der Waals surface area (Å²) in [5.74, 6) is 0. The van der Waals surface area contributed by atoms with E-state index in [9.17, 15) is 0 Å². The Balaban J connectivity index is 0.952. The van der Waals surface area contributed by atoms with Crippen molar-refractivity contribution < 1.29 is 4.42 Å². The van der Waals surface area contributed by atoms with Crippen LogP contribution in [0.25, 0.3) is 133 Å². The highest BCUT2D eigenvalue weighted by molar-refractivity contribution is 6.17. The first-order valence-corrected chi connectivity index (χ1v) is 23.7. The first-order valence-electron chi connectivity index (χ1n) is 23.7. The van der Waals surface area contributed by atoms with Crippen LogP contribution in [-0.2, 0) is 0 Å². The average molecular weight is 879 g/mol. The summed E-state index contributed by atoms with van der Waals surface area (Å²) in [5, 5.41) is 7.16. The zero-order chi connectivity index (χ0) is 45.4. The molecule has 14 rings (SSSR count). The summed E-state index contributed by atoms with van der Waals surface area (Å²) in [6.45, 7) is 0. The second-order valence-corrected chi connectivity index (χ2v) is 18.0. The molecule has 11 aromatic carbocycles. The molecule has 0 spiro atoms. The van der Waals surface area contributed by atoms with Crippen molar-refractivity contribution in [2.24, 2.45) is 0 Å². The number of furan rings is 1. The van der Waals surface area contributed by atoms with Gasteiger partial charge in [0, 0.05) is 43.6 Å². The van der Waals surface area contributed by atoms with Crippen LogP contribution < -0.4 is 0 Å². The number of nitrogens with zero attached hydrogens (tertiary/aromatic N) is 2. The normalized spacial score (nSPS) is 11.8. The third-order valence-electron chi connectivity index (χ3n) is 14.1. The predicted octanol–water partition coefficient (Wildman–Crippen LogP) is 18.1. The summed E-state index contributed by atoms with van der Waals surface area (Å²) < 4.78 is 11.1. The summed E-state index contributed by atoms with van der Waals surface area (Å²) >= 11 is 0. The number of fused-ring (bicyclic) bond motifs is 9. The van der Waals surface area contributed by atoms with Gasteiger partial charge in [0.05, 0.1) is 27.8 Å². The van der Waals surface area contributed by atoms with Crippen molar-refractivity contribution in [3.63, 3.8) is 0 Å². The first-order chi connectivity index (χ1) is 34.2. The van der Waals surface area contributed by atoms with Gasteiger partial charge in [0.25, 0.3) is 0 Å². The first kappa shape index (κ1) is 39.0. The molecule has 0 unspecified atom stereocenters. The van der Waals surface area contributed by atoms with E-state index in [1.165, 1.54) is 82.6 Å². The van der Waals surface area contributed by atoms with Crippen LogP contribution in [0.5, 0.6) is 0 Å². The van der Waals surface area contributed by atoms with Gasteiger partial charge in [-0.2, -0.15) is 0 Å². The Hall–Kier alpha value is -9.18. The summed E-state index contributed by atoms with van der Waals surface area (Å²) in [7, 11) is 0. The van der Waals surface area contributed by atoms with Crippen LogP contribution in [0, 0.1) is 0 Å². The molecular formula is C66H42N2O. The molecule has 0 radical (unpaired) electrons. The van der Waals surface area contributed by atoms with E-state index >= 15 is 0 Å². The van der Waals surface area contributed by atoms with E-state index in [1.54, 1.807) is 0 Å². The zero-order valence-corrected chi connectivity index (χ0v) is 37.6. The SMILES string of the molecule is c1ccc(-c2ccc(-c3ccccc3)c(-n3c4ccccc4c4cc(-c5ccc6c(c5)c5c(-c7ccccc7)cccc5n6-c5cccc(-c6ccc7oc8ccccc8c7c6)c5)ccc43)c2)cc1. The van der Waals surface area contributed by atoms with Crippen LogP contribution in [0.3, 0.4) is 0 Å². The van der Waals surface area contributed by atoms with Gasteiger partial charge in [-0.3, -0.25) is 0 Å². The van der Waals surface area contributed by atoms with E-state index in [-0.39, 0.29) is 0 Å². The van der Waals surface area contributed by atoms with Crippen LogP contribution in [-0.4, -0.2) is 9.13 Å². The van der Waals surface area contributed by atoms with Crippen molar-refractivity contribution in [2.75, 3.05) is 0 Å². The number of benzene rings is 11. The Kier molecular flexibility index (Phi) is 8.90. The lowest BCUT2D eigenvalue weighted by Gasteiger charge is -2.16. The van der Waals surface area contributed by atoms with Crippen LogP contribution in [0.1, 0.15) is 0 Å². The van der Waals surface area contributed by atoms with Crippen molar-refractivity contribution in [1.29, 1.82) is 0 Å². The van der Waals surface area contributed by atoms with Crippen molar-refractivity contribution in [3.8, 4) is 67.0 Å². The molecule has 0 saturated carbocycles. The highest BCUT2D eigenvalue weighted by Crippen LogP contribution is 2.43. The summed E-state index contributed by atoms with van der Waals surface area (Å²) in [4.78, 5) is 0. The molecule has 0 aliphatic heterocycles. The molecular weight excluding hydrogens is 837 g/mol. The van der Waals surface area contributed by atoms with Gasteiger partial charge in [0.15, 0.2) is 0 Å². The molecule has 0 aliphatic carbocycles. The van der Waals surface area contributed by atoms with Gasteiger partial charge in [0.2, 0.25) is 0 Å². The Bertz CT molecular complexity index is 4290. The molecule has 69 heavy (non-hydrogen) atoms. The van der Waals surface area contributed by atoms with Gasteiger partial charge in [-0.1, -0.05) is 182 Å². The van der Waals surface area contributed by atoms with Crippen molar-refractivity contribution in [2.45, 2.75) is 0 Å². The smallest absolute Gasteiger partial charge is 0.135 e. The number of hydrogen-bond donors (Lipinski definition) is 0. The van der Waals surface area contributed by atoms with Gasteiger partial charge in [-0.05, 0) is 123 Å².